The molecule has 0 bridgehead atoms. The third-order valence-corrected chi connectivity index (χ3v) is 3.85. The summed E-state index contributed by atoms with van der Waals surface area (Å²) >= 11 is 0. The van der Waals surface area contributed by atoms with Crippen LogP contribution in [0.25, 0.3) is 0 Å². The first-order chi connectivity index (χ1) is 9.49. The molecule has 1 N–H and O–H groups in total. The van der Waals surface area contributed by atoms with Crippen molar-refractivity contribution in [2.24, 2.45) is 5.10 Å². The minimum atomic E-state index is -3.73. The molecule has 6 heteroatoms. The Kier molecular flexibility index (Phi) is 4.14. The molecule has 0 unspecified atom stereocenters. The molecule has 0 aliphatic carbocycles. The van der Waals surface area contributed by atoms with Gasteiger partial charge in [-0.15, -0.1) is 0 Å². The summed E-state index contributed by atoms with van der Waals surface area (Å²) in [6, 6.07) is 12.3. The summed E-state index contributed by atoms with van der Waals surface area (Å²) in [4.78, 5) is 2.15. The van der Waals surface area contributed by atoms with Crippen LogP contribution in [0.5, 0.6) is 0 Å². The Hall–Kier alpha value is -2.21. The lowest BCUT2D eigenvalue weighted by molar-refractivity contribution is 0.584. The summed E-state index contributed by atoms with van der Waals surface area (Å²) in [5.74, 6) is -0.467. The van der Waals surface area contributed by atoms with E-state index in [0.29, 0.717) is 0 Å². The van der Waals surface area contributed by atoms with Gasteiger partial charge in [-0.2, -0.15) is 13.5 Å². The smallest absolute Gasteiger partial charge is 0.206 e. The van der Waals surface area contributed by atoms with Gasteiger partial charge >= 0.3 is 0 Å². The molecule has 2 rings (SSSR count). The van der Waals surface area contributed by atoms with Gasteiger partial charge < -0.3 is 0 Å². The van der Waals surface area contributed by atoms with Crippen LogP contribution in [0.2, 0.25) is 0 Å². The van der Waals surface area contributed by atoms with E-state index in [2.05, 4.69) is 5.10 Å². The van der Waals surface area contributed by atoms with Gasteiger partial charge in [-0.25, -0.2) is 9.22 Å². The van der Waals surface area contributed by atoms with Gasteiger partial charge in [-0.05, 0) is 25.1 Å². The van der Waals surface area contributed by atoms with Crippen molar-refractivity contribution < 1.29 is 12.8 Å². The molecule has 2 aromatic rings. The van der Waals surface area contributed by atoms with Gasteiger partial charge in [0.15, 0.2) is 0 Å². The highest BCUT2D eigenvalue weighted by Crippen LogP contribution is 2.09. The zero-order chi connectivity index (χ0) is 14.6. The maximum absolute atomic E-state index is 13.3. The van der Waals surface area contributed by atoms with Gasteiger partial charge in [0.05, 0.1) is 11.1 Å². The minimum absolute atomic E-state index is 0.105. The van der Waals surface area contributed by atoms with E-state index in [0.717, 1.165) is 11.8 Å². The Morgan fingerprint density at radius 1 is 1.10 bits per heavy atom. The van der Waals surface area contributed by atoms with Crippen molar-refractivity contribution in [2.45, 2.75) is 11.8 Å². The number of sulfonamides is 1. The summed E-state index contributed by atoms with van der Waals surface area (Å²) in [5, 5.41) is 3.57. The predicted octanol–water partition coefficient (Wildman–Crippen LogP) is 2.45. The van der Waals surface area contributed by atoms with Crippen LogP contribution in [0.3, 0.4) is 0 Å². The normalized spacial score (nSPS) is 11.7. The number of nitrogens with zero attached hydrogens (tertiary/aromatic N) is 1. The van der Waals surface area contributed by atoms with Gasteiger partial charge in [0.25, 0.3) is 10.0 Å². The molecule has 20 heavy (non-hydrogen) atoms. The summed E-state index contributed by atoms with van der Waals surface area (Å²) in [6.07, 6.45) is 1.13. The first kappa shape index (κ1) is 14.2. The summed E-state index contributed by atoms with van der Waals surface area (Å²) in [7, 11) is -3.73. The van der Waals surface area contributed by atoms with Crippen molar-refractivity contribution in [1.29, 1.82) is 0 Å². The average Bonchev–Trinajstić information content (AvgIpc) is 2.41. The second-order valence-corrected chi connectivity index (χ2v) is 5.85. The van der Waals surface area contributed by atoms with Crippen molar-refractivity contribution >= 4 is 16.2 Å². The second-order valence-electron chi connectivity index (χ2n) is 4.19. The summed E-state index contributed by atoms with van der Waals surface area (Å²) in [6.45, 7) is 1.86. The van der Waals surface area contributed by atoms with Gasteiger partial charge in [0.1, 0.15) is 5.82 Å². The number of aryl methyl sites for hydroxylation is 1. The minimum Gasteiger partial charge on any atom is -0.206 e. The van der Waals surface area contributed by atoms with Crippen molar-refractivity contribution in [3.05, 3.63) is 65.5 Å². The number of hydrogen-bond donors (Lipinski definition) is 1. The van der Waals surface area contributed by atoms with E-state index in [1.165, 1.54) is 24.3 Å². The van der Waals surface area contributed by atoms with Crippen LogP contribution in [0.4, 0.5) is 4.39 Å². The molecule has 0 radical (unpaired) electrons. The molecule has 0 heterocycles. The third-order valence-electron chi connectivity index (χ3n) is 2.61. The number of benzene rings is 2. The molecular formula is C14H13FN2O2S. The largest absolute Gasteiger partial charge is 0.276 e. The molecule has 2 aromatic carbocycles. The summed E-state index contributed by atoms with van der Waals surface area (Å²) < 4.78 is 37.1. The molecule has 0 aliphatic rings. The zero-order valence-corrected chi connectivity index (χ0v) is 11.6. The van der Waals surface area contributed by atoms with Crippen LogP contribution in [-0.2, 0) is 10.0 Å². The summed E-state index contributed by atoms with van der Waals surface area (Å²) in [5.41, 5.74) is 1.16. The van der Waals surface area contributed by atoms with Crippen molar-refractivity contribution in [3.63, 3.8) is 0 Å². The monoisotopic (exact) mass is 292 g/mol. The van der Waals surface area contributed by atoms with E-state index in [9.17, 15) is 12.8 Å². The Morgan fingerprint density at radius 3 is 2.40 bits per heavy atom. The maximum atomic E-state index is 13.3. The van der Waals surface area contributed by atoms with Crippen LogP contribution in [0.1, 0.15) is 11.1 Å². The lowest BCUT2D eigenvalue weighted by Gasteiger charge is -2.03. The molecule has 0 amide bonds. The molecule has 0 saturated heterocycles. The van der Waals surface area contributed by atoms with Crippen molar-refractivity contribution in [1.82, 2.24) is 4.83 Å². The standard InChI is InChI=1S/C14H13FN2O2S/c1-11-6-8-13(9-7-11)20(18,19)17-16-10-12-4-2-3-5-14(12)15/h2-10,17H,1H3. The fraction of sp³-hybridized carbons (Fsp3) is 0.0714. The number of halogens is 1. The highest BCUT2D eigenvalue weighted by molar-refractivity contribution is 7.89. The van der Waals surface area contributed by atoms with Gasteiger partial charge in [0, 0.05) is 5.56 Å². The zero-order valence-electron chi connectivity index (χ0n) is 10.7. The van der Waals surface area contributed by atoms with E-state index < -0.39 is 15.8 Å². The number of nitrogens with one attached hydrogen (secondary N) is 1. The van der Waals surface area contributed by atoms with Gasteiger partial charge in [-0.1, -0.05) is 35.9 Å². The van der Waals surface area contributed by atoms with Crippen molar-refractivity contribution in [3.8, 4) is 0 Å². The molecule has 0 aromatic heterocycles. The van der Waals surface area contributed by atoms with E-state index in [1.807, 2.05) is 11.8 Å². The van der Waals surface area contributed by atoms with Crippen LogP contribution in [0, 0.1) is 12.7 Å². The highest BCUT2D eigenvalue weighted by atomic mass is 32.2. The average molecular weight is 292 g/mol. The Balaban J connectivity index is 2.14. The van der Waals surface area contributed by atoms with E-state index in [1.54, 1.807) is 24.3 Å². The van der Waals surface area contributed by atoms with Gasteiger partial charge in [0.2, 0.25) is 0 Å². The molecular weight excluding hydrogens is 279 g/mol. The van der Waals surface area contributed by atoms with Crippen molar-refractivity contribution in [2.75, 3.05) is 0 Å². The van der Waals surface area contributed by atoms with Crippen LogP contribution >= 0.6 is 0 Å². The van der Waals surface area contributed by atoms with Crippen LogP contribution in [-0.4, -0.2) is 14.6 Å². The first-order valence-electron chi connectivity index (χ1n) is 5.85. The lowest BCUT2D eigenvalue weighted by atomic mass is 10.2. The Labute approximate surface area is 117 Å². The van der Waals surface area contributed by atoms with E-state index in [4.69, 9.17) is 0 Å². The molecule has 0 atom stereocenters. The number of hydrogen-bond acceptors (Lipinski definition) is 3. The molecule has 4 nitrogen and oxygen atoms in total. The van der Waals surface area contributed by atoms with Crippen LogP contribution < -0.4 is 4.83 Å². The SMILES string of the molecule is Cc1ccc(S(=O)(=O)NN=Cc2ccccc2F)cc1. The fourth-order valence-corrected chi connectivity index (χ4v) is 2.31. The highest BCUT2D eigenvalue weighted by Gasteiger charge is 2.11. The lowest BCUT2D eigenvalue weighted by Crippen LogP contribution is -2.18. The maximum Gasteiger partial charge on any atom is 0.276 e. The fourth-order valence-electron chi connectivity index (χ4n) is 1.52. The second kappa shape index (κ2) is 5.83. The topological polar surface area (TPSA) is 58.5 Å². The number of hydrazone groups is 1. The molecule has 0 spiro atoms. The van der Waals surface area contributed by atoms with E-state index >= 15 is 0 Å². The number of rotatable bonds is 4. The molecule has 0 aliphatic heterocycles. The first-order valence-corrected chi connectivity index (χ1v) is 7.33. The van der Waals surface area contributed by atoms with Gasteiger partial charge in [-0.3, -0.25) is 0 Å². The molecule has 104 valence electrons. The van der Waals surface area contributed by atoms with E-state index in [-0.39, 0.29) is 10.5 Å². The Morgan fingerprint density at radius 2 is 1.75 bits per heavy atom. The molecule has 0 fully saturated rings. The quantitative estimate of drug-likeness (QED) is 0.695. The molecule has 0 saturated carbocycles. The third kappa shape index (κ3) is 3.42. The Bertz CT molecular complexity index is 725. The predicted molar refractivity (Wildman–Crippen MR) is 75.5 cm³/mol. The van der Waals surface area contributed by atoms with Crippen LogP contribution in [0.15, 0.2) is 58.5 Å².